The quantitative estimate of drug-likeness (QED) is 0.848. The molecule has 1 N–H and O–H groups in total. The van der Waals surface area contributed by atoms with E-state index in [0.717, 1.165) is 0 Å². The van der Waals surface area contributed by atoms with Crippen molar-refractivity contribution in [3.63, 3.8) is 0 Å². The normalized spacial score (nSPS) is 15.5. The van der Waals surface area contributed by atoms with Crippen LogP contribution in [0.2, 0.25) is 0 Å². The monoisotopic (exact) mass is 262 g/mol. The van der Waals surface area contributed by atoms with Gasteiger partial charge in [-0.1, -0.05) is 13.0 Å². The highest BCUT2D eigenvalue weighted by Crippen LogP contribution is 2.35. The van der Waals surface area contributed by atoms with Crippen LogP contribution < -0.4 is 5.32 Å². The maximum absolute atomic E-state index is 13.8. The van der Waals surface area contributed by atoms with Gasteiger partial charge in [-0.3, -0.25) is 5.32 Å². The van der Waals surface area contributed by atoms with Gasteiger partial charge in [0, 0.05) is 22.7 Å². The highest BCUT2D eigenvalue weighted by atomic mass is 19.1. The summed E-state index contributed by atoms with van der Waals surface area (Å²) in [4.78, 5) is 22.3. The number of carbonyl (C=O) groups is 2. The zero-order valence-electron chi connectivity index (χ0n) is 10.6. The van der Waals surface area contributed by atoms with E-state index in [-0.39, 0.29) is 17.7 Å². The summed E-state index contributed by atoms with van der Waals surface area (Å²) >= 11 is 0. The maximum atomic E-state index is 13.8. The molecule has 99 valence electrons. The Hall–Kier alpha value is -2.17. The van der Waals surface area contributed by atoms with Gasteiger partial charge in [-0.25, -0.2) is 9.18 Å². The number of carboxylic acids is 1. The van der Waals surface area contributed by atoms with Crippen LogP contribution >= 0.6 is 0 Å². The molecule has 1 atom stereocenters. The first-order valence-electron chi connectivity index (χ1n) is 5.86. The van der Waals surface area contributed by atoms with Crippen molar-refractivity contribution in [3.8, 4) is 0 Å². The first-order valence-corrected chi connectivity index (χ1v) is 5.86. The number of halogens is 1. The first-order chi connectivity index (χ1) is 8.97. The molecule has 1 aromatic rings. The minimum atomic E-state index is -1.16. The summed E-state index contributed by atoms with van der Waals surface area (Å²) < 4.78 is 13.8. The molecule has 0 aliphatic carbocycles. The van der Waals surface area contributed by atoms with E-state index < -0.39 is 17.7 Å². The fraction of sp³-hybridized carbons (Fsp3) is 0.286. The van der Waals surface area contributed by atoms with Gasteiger partial charge in [-0.2, -0.15) is 0 Å². The van der Waals surface area contributed by atoms with Crippen molar-refractivity contribution in [2.24, 2.45) is 0 Å². The van der Waals surface area contributed by atoms with Crippen LogP contribution in [0.5, 0.6) is 0 Å². The van der Waals surface area contributed by atoms with E-state index in [4.69, 9.17) is 0 Å². The summed E-state index contributed by atoms with van der Waals surface area (Å²) in [5, 5.41) is 13.3. The van der Waals surface area contributed by atoms with E-state index in [1.54, 1.807) is 13.8 Å². The molecule has 2 rings (SSSR count). The lowest BCUT2D eigenvalue weighted by atomic mass is 9.85. The van der Waals surface area contributed by atoms with Crippen LogP contribution in [0.1, 0.15) is 36.5 Å². The van der Waals surface area contributed by atoms with E-state index in [2.05, 4.69) is 5.32 Å². The third kappa shape index (κ3) is 2.12. The van der Waals surface area contributed by atoms with Crippen LogP contribution in [0.3, 0.4) is 0 Å². The number of carbonyl (C=O) groups excluding carboxylic acids is 1. The number of fused-ring (bicyclic) bond motifs is 1. The second kappa shape index (κ2) is 4.84. The minimum absolute atomic E-state index is 0.0237. The highest BCUT2D eigenvalue weighted by Gasteiger charge is 2.29. The van der Waals surface area contributed by atoms with Crippen molar-refractivity contribution in [3.05, 3.63) is 40.3 Å². The fourth-order valence-electron chi connectivity index (χ4n) is 2.26. The number of benzene rings is 1. The van der Waals surface area contributed by atoms with Crippen LogP contribution in [0.25, 0.3) is 5.57 Å². The zero-order chi connectivity index (χ0) is 14.2. The van der Waals surface area contributed by atoms with E-state index in [0.29, 0.717) is 23.1 Å². The first kappa shape index (κ1) is 13.3. The van der Waals surface area contributed by atoms with Crippen molar-refractivity contribution in [1.82, 2.24) is 5.32 Å². The number of aldehydes is 1. The maximum Gasteiger partial charge on any atom is 0.338 e. The molecule has 0 spiro atoms. The van der Waals surface area contributed by atoms with Gasteiger partial charge in [0.1, 0.15) is 12.1 Å². The third-order valence-corrected chi connectivity index (χ3v) is 3.28. The van der Waals surface area contributed by atoms with E-state index in [1.165, 1.54) is 12.1 Å². The van der Waals surface area contributed by atoms with Crippen LogP contribution in [0.4, 0.5) is 4.39 Å². The van der Waals surface area contributed by atoms with Gasteiger partial charge in [-0.15, -0.1) is 0 Å². The Kier molecular flexibility index (Phi) is 3.38. The summed E-state index contributed by atoms with van der Waals surface area (Å²) in [6.07, 6.45) is 0.716. The lowest BCUT2D eigenvalue weighted by Gasteiger charge is -2.23. The molecular weight excluding hydrogens is 249 g/mol. The van der Waals surface area contributed by atoms with Gasteiger partial charge in [-0.05, 0) is 18.6 Å². The Morgan fingerprint density at radius 2 is 2.21 bits per heavy atom. The Labute approximate surface area is 109 Å². The number of hydrogen-bond acceptors (Lipinski definition) is 2. The Balaban J connectivity index is 2.78. The van der Waals surface area contributed by atoms with E-state index >= 15 is 0 Å². The van der Waals surface area contributed by atoms with Gasteiger partial charge < -0.3 is 9.90 Å². The Morgan fingerprint density at radius 3 is 2.79 bits per heavy atom. The second-order valence-electron chi connectivity index (χ2n) is 4.50. The Bertz CT molecular complexity index is 593. The molecule has 0 saturated heterocycles. The SMILES string of the molecule is CC1=C(C(=O)O)c2c(C(C)C=O)ccc(F)c2C[N]1. The summed E-state index contributed by atoms with van der Waals surface area (Å²) in [6, 6.07) is 2.72. The number of allylic oxidation sites excluding steroid dienone is 1. The molecule has 0 aromatic heterocycles. The number of aliphatic carboxylic acids is 1. The van der Waals surface area contributed by atoms with Crippen LogP contribution in [0.15, 0.2) is 17.8 Å². The topological polar surface area (TPSA) is 68.5 Å². The van der Waals surface area contributed by atoms with Gasteiger partial charge in [0.15, 0.2) is 0 Å². The average Bonchev–Trinajstić information content (AvgIpc) is 2.37. The van der Waals surface area contributed by atoms with Gasteiger partial charge in [0.05, 0.1) is 12.1 Å². The average molecular weight is 262 g/mol. The van der Waals surface area contributed by atoms with Crippen LogP contribution in [0, 0.1) is 5.82 Å². The lowest BCUT2D eigenvalue weighted by Crippen LogP contribution is -2.21. The molecule has 5 heteroatoms. The van der Waals surface area contributed by atoms with Gasteiger partial charge in [0.25, 0.3) is 0 Å². The molecule has 0 bridgehead atoms. The highest BCUT2D eigenvalue weighted by molar-refractivity contribution is 6.17. The molecule has 4 nitrogen and oxygen atoms in total. The summed E-state index contributed by atoms with van der Waals surface area (Å²) in [5.41, 5.74) is 1.40. The summed E-state index contributed by atoms with van der Waals surface area (Å²) in [6.45, 7) is 3.33. The molecule has 1 aromatic carbocycles. The minimum Gasteiger partial charge on any atom is -0.478 e. The smallest absolute Gasteiger partial charge is 0.338 e. The van der Waals surface area contributed by atoms with Crippen molar-refractivity contribution in [2.75, 3.05) is 0 Å². The standard InChI is InChI=1S/C14H13FNO3/c1-7(6-17)9-3-4-11(15)10-5-16-8(2)12(13(9)10)14(18)19/h3-4,6-7H,5H2,1-2H3,(H,18,19). The molecule has 0 amide bonds. The number of rotatable bonds is 3. The molecule has 19 heavy (non-hydrogen) atoms. The molecule has 1 heterocycles. The zero-order valence-corrected chi connectivity index (χ0v) is 10.6. The molecule has 1 radical (unpaired) electrons. The number of nitrogens with zero attached hydrogens (tertiary/aromatic N) is 1. The molecule has 0 fully saturated rings. The van der Waals surface area contributed by atoms with Crippen molar-refractivity contribution >= 4 is 17.8 Å². The van der Waals surface area contributed by atoms with E-state index in [1.807, 2.05) is 0 Å². The molecule has 1 aliphatic rings. The molecule has 0 saturated carbocycles. The van der Waals surface area contributed by atoms with Crippen molar-refractivity contribution < 1.29 is 19.1 Å². The van der Waals surface area contributed by atoms with Gasteiger partial charge >= 0.3 is 5.97 Å². The van der Waals surface area contributed by atoms with Crippen molar-refractivity contribution in [1.29, 1.82) is 0 Å². The predicted octanol–water partition coefficient (Wildman–Crippen LogP) is 2.06. The van der Waals surface area contributed by atoms with Crippen LogP contribution in [-0.2, 0) is 16.1 Å². The van der Waals surface area contributed by atoms with Gasteiger partial charge in [0.2, 0.25) is 0 Å². The fourth-order valence-corrected chi connectivity index (χ4v) is 2.26. The largest absolute Gasteiger partial charge is 0.478 e. The summed E-state index contributed by atoms with van der Waals surface area (Å²) in [7, 11) is 0. The molecule has 1 aliphatic heterocycles. The summed E-state index contributed by atoms with van der Waals surface area (Å²) in [5.74, 6) is -2.14. The van der Waals surface area contributed by atoms with Crippen molar-refractivity contribution in [2.45, 2.75) is 26.3 Å². The lowest BCUT2D eigenvalue weighted by molar-refractivity contribution is -0.130. The van der Waals surface area contributed by atoms with E-state index in [9.17, 15) is 19.1 Å². The number of carboxylic acid groups (broad SMARTS) is 1. The second-order valence-corrected chi connectivity index (χ2v) is 4.50. The third-order valence-electron chi connectivity index (χ3n) is 3.28. The molecular formula is C14H13FNO3. The number of hydrogen-bond donors (Lipinski definition) is 1. The molecule has 1 unspecified atom stereocenters. The van der Waals surface area contributed by atoms with Crippen LogP contribution in [-0.4, -0.2) is 17.4 Å². The predicted molar refractivity (Wildman–Crippen MR) is 66.9 cm³/mol. The Morgan fingerprint density at radius 1 is 1.53 bits per heavy atom.